The van der Waals surface area contributed by atoms with Crippen LogP contribution in [-0.4, -0.2) is 6.16 Å². The van der Waals surface area contributed by atoms with Crippen molar-refractivity contribution >= 4 is 6.16 Å². The third kappa shape index (κ3) is 8.29. The number of ether oxygens (including phenoxy) is 2. The number of aryl methyl sites for hydroxylation is 2. The Balaban J connectivity index is 1.72. The molecule has 0 fully saturated rings. The van der Waals surface area contributed by atoms with E-state index in [1.54, 1.807) is 12.1 Å². The lowest BCUT2D eigenvalue weighted by Gasteiger charge is -2.07. The number of unbranched alkanes of at least 4 members (excludes halogenated alkanes) is 5. The van der Waals surface area contributed by atoms with E-state index in [2.05, 4.69) is 13.8 Å². The smallest absolute Gasteiger partial charge is 0.395 e. The second-order valence-corrected chi connectivity index (χ2v) is 7.01. The molecule has 0 radical (unpaired) electrons. The van der Waals surface area contributed by atoms with Gasteiger partial charge in [-0.2, -0.15) is 0 Å². The van der Waals surface area contributed by atoms with Gasteiger partial charge >= 0.3 is 6.16 Å². The Bertz CT molecular complexity index is 659. The number of benzene rings is 2. The summed E-state index contributed by atoms with van der Waals surface area (Å²) in [7, 11) is 0. The van der Waals surface area contributed by atoms with Gasteiger partial charge in [0.2, 0.25) is 0 Å². The summed E-state index contributed by atoms with van der Waals surface area (Å²) in [4.78, 5) is 11.9. The summed E-state index contributed by atoms with van der Waals surface area (Å²) >= 11 is 0. The number of carbonyl (C=O) groups excluding carboxylic acids is 1. The Kier molecular flexibility index (Phi) is 9.47. The summed E-state index contributed by atoms with van der Waals surface area (Å²) < 4.78 is 10.5. The number of hydrogen-bond acceptors (Lipinski definition) is 3. The molecule has 0 bridgehead atoms. The Morgan fingerprint density at radius 2 is 1.11 bits per heavy atom. The van der Waals surface area contributed by atoms with E-state index in [4.69, 9.17) is 9.47 Å². The molecule has 2 rings (SSSR count). The summed E-state index contributed by atoms with van der Waals surface area (Å²) in [6, 6.07) is 15.3. The van der Waals surface area contributed by atoms with Crippen molar-refractivity contribution in [2.75, 3.05) is 0 Å². The SMILES string of the molecule is CCCCCCCCc1ccc(OC(=O)Oc2ccc(CCC)cc2)cc1. The molecule has 0 aliphatic carbocycles. The molecule has 0 N–H and O–H groups in total. The second-order valence-electron chi connectivity index (χ2n) is 7.01. The maximum absolute atomic E-state index is 11.9. The van der Waals surface area contributed by atoms with Crippen LogP contribution in [0.2, 0.25) is 0 Å². The minimum Gasteiger partial charge on any atom is -0.395 e. The molecule has 0 aromatic heterocycles. The predicted octanol–water partition coefficient (Wildman–Crippen LogP) is 7.12. The Labute approximate surface area is 163 Å². The van der Waals surface area contributed by atoms with Crippen molar-refractivity contribution in [1.29, 1.82) is 0 Å². The minimum atomic E-state index is -0.707. The molecular weight excluding hydrogens is 336 g/mol. The molecule has 0 saturated carbocycles. The first-order valence-corrected chi connectivity index (χ1v) is 10.3. The summed E-state index contributed by atoms with van der Waals surface area (Å²) in [5.74, 6) is 1.01. The molecule has 0 aliphatic rings. The first-order chi connectivity index (χ1) is 13.2. The van der Waals surface area contributed by atoms with Gasteiger partial charge in [-0.05, 0) is 54.7 Å². The van der Waals surface area contributed by atoms with Crippen molar-refractivity contribution < 1.29 is 14.3 Å². The quantitative estimate of drug-likeness (QED) is 0.241. The number of carbonyl (C=O) groups is 1. The Hall–Kier alpha value is -2.29. The van der Waals surface area contributed by atoms with E-state index in [9.17, 15) is 4.79 Å². The maximum Gasteiger partial charge on any atom is 0.519 e. The third-order valence-electron chi connectivity index (χ3n) is 4.61. The van der Waals surface area contributed by atoms with Crippen LogP contribution in [0.1, 0.15) is 69.9 Å². The molecule has 0 amide bonds. The molecule has 0 heterocycles. The average molecular weight is 369 g/mol. The van der Waals surface area contributed by atoms with Crippen LogP contribution in [0, 0.1) is 0 Å². The Morgan fingerprint density at radius 1 is 0.630 bits per heavy atom. The number of rotatable bonds is 11. The maximum atomic E-state index is 11.9. The standard InChI is InChI=1S/C24H32O3/c1-3-5-6-7-8-9-11-21-14-18-23(19-15-21)27-24(25)26-22-16-12-20(10-4-2)13-17-22/h12-19H,3-11H2,1-2H3. The molecule has 0 unspecified atom stereocenters. The van der Waals surface area contributed by atoms with Crippen LogP contribution in [0.25, 0.3) is 0 Å². The van der Waals surface area contributed by atoms with Gasteiger partial charge in [-0.15, -0.1) is 0 Å². The van der Waals surface area contributed by atoms with Gasteiger partial charge in [0.15, 0.2) is 0 Å². The van der Waals surface area contributed by atoms with Gasteiger partial charge in [0.05, 0.1) is 0 Å². The average Bonchev–Trinajstić information content (AvgIpc) is 2.67. The summed E-state index contributed by atoms with van der Waals surface area (Å²) in [5.41, 5.74) is 2.51. The zero-order chi connectivity index (χ0) is 19.3. The highest BCUT2D eigenvalue weighted by molar-refractivity contribution is 5.67. The van der Waals surface area contributed by atoms with E-state index in [1.165, 1.54) is 49.7 Å². The molecule has 0 spiro atoms. The van der Waals surface area contributed by atoms with E-state index in [0.29, 0.717) is 11.5 Å². The van der Waals surface area contributed by atoms with Gasteiger partial charge in [-0.3, -0.25) is 0 Å². The van der Waals surface area contributed by atoms with Crippen molar-refractivity contribution in [3.63, 3.8) is 0 Å². The second kappa shape index (κ2) is 12.2. The normalized spacial score (nSPS) is 10.6. The fourth-order valence-electron chi connectivity index (χ4n) is 3.06. The van der Waals surface area contributed by atoms with Crippen molar-refractivity contribution in [2.45, 2.75) is 71.6 Å². The van der Waals surface area contributed by atoms with Crippen LogP contribution < -0.4 is 9.47 Å². The van der Waals surface area contributed by atoms with Gasteiger partial charge < -0.3 is 9.47 Å². The van der Waals surface area contributed by atoms with Crippen molar-refractivity contribution in [3.05, 3.63) is 59.7 Å². The van der Waals surface area contributed by atoms with E-state index in [-0.39, 0.29) is 0 Å². The molecule has 146 valence electrons. The Morgan fingerprint density at radius 3 is 1.63 bits per heavy atom. The summed E-state index contributed by atoms with van der Waals surface area (Å²) in [6.07, 6.45) is 10.3. The van der Waals surface area contributed by atoms with E-state index in [0.717, 1.165) is 19.3 Å². The highest BCUT2D eigenvalue weighted by Crippen LogP contribution is 2.18. The summed E-state index contributed by atoms with van der Waals surface area (Å²) in [6.45, 7) is 4.38. The van der Waals surface area contributed by atoms with Crippen LogP contribution in [0.3, 0.4) is 0 Å². The topological polar surface area (TPSA) is 35.5 Å². The van der Waals surface area contributed by atoms with Gasteiger partial charge in [-0.1, -0.05) is 76.6 Å². The largest absolute Gasteiger partial charge is 0.519 e. The van der Waals surface area contributed by atoms with Gasteiger partial charge in [0.25, 0.3) is 0 Å². The van der Waals surface area contributed by atoms with Crippen LogP contribution in [0.4, 0.5) is 4.79 Å². The van der Waals surface area contributed by atoms with E-state index < -0.39 is 6.16 Å². The lowest BCUT2D eigenvalue weighted by molar-refractivity contribution is 0.152. The molecule has 0 atom stereocenters. The van der Waals surface area contributed by atoms with Crippen molar-refractivity contribution in [3.8, 4) is 11.5 Å². The minimum absolute atomic E-state index is 0.500. The van der Waals surface area contributed by atoms with Crippen molar-refractivity contribution in [2.24, 2.45) is 0 Å². The molecule has 27 heavy (non-hydrogen) atoms. The zero-order valence-corrected chi connectivity index (χ0v) is 16.7. The van der Waals surface area contributed by atoms with Crippen LogP contribution >= 0.6 is 0 Å². The molecule has 3 nitrogen and oxygen atoms in total. The molecule has 0 saturated heterocycles. The first-order valence-electron chi connectivity index (χ1n) is 10.3. The van der Waals surface area contributed by atoms with E-state index >= 15 is 0 Å². The highest BCUT2D eigenvalue weighted by Gasteiger charge is 2.08. The van der Waals surface area contributed by atoms with Crippen LogP contribution in [-0.2, 0) is 12.8 Å². The lowest BCUT2D eigenvalue weighted by Crippen LogP contribution is -2.13. The third-order valence-corrected chi connectivity index (χ3v) is 4.61. The molecule has 0 aliphatic heterocycles. The fourth-order valence-corrected chi connectivity index (χ4v) is 3.06. The highest BCUT2D eigenvalue weighted by atomic mass is 16.7. The molecule has 2 aromatic carbocycles. The monoisotopic (exact) mass is 368 g/mol. The van der Waals surface area contributed by atoms with E-state index in [1.807, 2.05) is 36.4 Å². The predicted molar refractivity (Wildman–Crippen MR) is 111 cm³/mol. The lowest BCUT2D eigenvalue weighted by atomic mass is 10.1. The van der Waals surface area contributed by atoms with Gasteiger partial charge in [0.1, 0.15) is 11.5 Å². The van der Waals surface area contributed by atoms with Gasteiger partial charge in [-0.25, -0.2) is 4.79 Å². The van der Waals surface area contributed by atoms with Crippen LogP contribution in [0.5, 0.6) is 11.5 Å². The van der Waals surface area contributed by atoms with Gasteiger partial charge in [0, 0.05) is 0 Å². The molecular formula is C24H32O3. The van der Waals surface area contributed by atoms with Crippen LogP contribution in [0.15, 0.2) is 48.5 Å². The number of hydrogen-bond donors (Lipinski definition) is 0. The first kappa shape index (κ1) is 21.0. The zero-order valence-electron chi connectivity index (χ0n) is 16.7. The van der Waals surface area contributed by atoms with Crippen molar-refractivity contribution in [1.82, 2.24) is 0 Å². The summed E-state index contributed by atoms with van der Waals surface area (Å²) in [5, 5.41) is 0. The fraction of sp³-hybridized carbons (Fsp3) is 0.458. The molecule has 3 heteroatoms. The molecule has 2 aromatic rings.